The third-order valence-electron chi connectivity index (χ3n) is 2.45. The molecule has 0 saturated carbocycles. The van der Waals surface area contributed by atoms with E-state index in [1.807, 2.05) is 24.3 Å². The molecule has 0 atom stereocenters. The van der Waals surface area contributed by atoms with Gasteiger partial charge in [-0.1, -0.05) is 6.07 Å². The van der Waals surface area contributed by atoms with E-state index in [1.165, 1.54) is 6.33 Å². The van der Waals surface area contributed by atoms with E-state index in [4.69, 9.17) is 5.73 Å². The molecule has 0 spiro atoms. The van der Waals surface area contributed by atoms with Gasteiger partial charge in [-0.25, -0.2) is 14.6 Å². The van der Waals surface area contributed by atoms with Gasteiger partial charge >= 0.3 is 0 Å². The average Bonchev–Trinajstić information content (AvgIpc) is 2.74. The fraction of sp³-hybridized carbons (Fsp3) is 0. The third-order valence-corrected chi connectivity index (χ3v) is 3.12. The molecule has 3 aromatic rings. The first-order valence-corrected chi connectivity index (χ1v) is 6.04. The lowest BCUT2D eigenvalue weighted by molar-refractivity contribution is 0.894. The Morgan fingerprint density at radius 1 is 1.24 bits per heavy atom. The van der Waals surface area contributed by atoms with E-state index in [9.17, 15) is 0 Å². The van der Waals surface area contributed by atoms with Crippen molar-refractivity contribution in [2.75, 3.05) is 5.73 Å². The van der Waals surface area contributed by atoms with Gasteiger partial charge in [-0.2, -0.15) is 5.10 Å². The second kappa shape index (κ2) is 3.95. The molecule has 0 radical (unpaired) electrons. The van der Waals surface area contributed by atoms with Gasteiger partial charge in [-0.05, 0) is 40.8 Å². The smallest absolute Gasteiger partial charge is 0.168 e. The molecular formula is C11H8IN5. The van der Waals surface area contributed by atoms with Crippen molar-refractivity contribution in [3.8, 4) is 5.69 Å². The summed E-state index contributed by atoms with van der Waals surface area (Å²) in [5.41, 5.74) is 7.46. The SMILES string of the molecule is Nc1ncnc2c1cnn2-c1cccc(I)c1. The summed E-state index contributed by atoms with van der Waals surface area (Å²) in [5, 5.41) is 5.07. The molecule has 2 N–H and O–H groups in total. The van der Waals surface area contributed by atoms with Crippen molar-refractivity contribution >= 4 is 39.4 Å². The predicted octanol–water partition coefficient (Wildman–Crippen LogP) is 2.00. The summed E-state index contributed by atoms with van der Waals surface area (Å²) >= 11 is 2.26. The van der Waals surface area contributed by atoms with Crippen LogP contribution in [0.5, 0.6) is 0 Å². The minimum atomic E-state index is 0.451. The first-order chi connectivity index (χ1) is 8.25. The molecule has 0 aliphatic carbocycles. The van der Waals surface area contributed by atoms with Crippen LogP contribution >= 0.6 is 22.6 Å². The normalized spacial score (nSPS) is 10.9. The molecule has 0 aliphatic heterocycles. The number of hydrogen-bond acceptors (Lipinski definition) is 4. The number of rotatable bonds is 1. The van der Waals surface area contributed by atoms with Crippen molar-refractivity contribution in [3.63, 3.8) is 0 Å². The molecule has 0 amide bonds. The molecule has 0 aliphatic rings. The van der Waals surface area contributed by atoms with Gasteiger partial charge < -0.3 is 5.73 Å². The highest BCUT2D eigenvalue weighted by Crippen LogP contribution is 2.20. The Labute approximate surface area is 111 Å². The quantitative estimate of drug-likeness (QED) is 0.690. The van der Waals surface area contributed by atoms with Gasteiger partial charge in [0, 0.05) is 3.57 Å². The molecule has 84 valence electrons. The van der Waals surface area contributed by atoms with Crippen molar-refractivity contribution < 1.29 is 0 Å². The van der Waals surface area contributed by atoms with Crippen LogP contribution in [0.25, 0.3) is 16.7 Å². The Kier molecular flexibility index (Phi) is 2.43. The van der Waals surface area contributed by atoms with Gasteiger partial charge in [0.1, 0.15) is 12.1 Å². The lowest BCUT2D eigenvalue weighted by Gasteiger charge is -2.03. The molecule has 17 heavy (non-hydrogen) atoms. The molecule has 0 bridgehead atoms. The fourth-order valence-electron chi connectivity index (χ4n) is 1.66. The van der Waals surface area contributed by atoms with Crippen molar-refractivity contribution in [3.05, 3.63) is 40.4 Å². The topological polar surface area (TPSA) is 69.6 Å². The zero-order valence-corrected chi connectivity index (χ0v) is 10.9. The Morgan fingerprint density at radius 3 is 2.94 bits per heavy atom. The molecule has 2 aromatic heterocycles. The second-order valence-corrected chi connectivity index (χ2v) is 4.78. The predicted molar refractivity (Wildman–Crippen MR) is 73.8 cm³/mol. The maximum atomic E-state index is 5.77. The van der Waals surface area contributed by atoms with Crippen LogP contribution in [0.3, 0.4) is 0 Å². The number of nitrogen functional groups attached to an aromatic ring is 1. The zero-order valence-electron chi connectivity index (χ0n) is 8.71. The van der Waals surface area contributed by atoms with Crippen LogP contribution in [0.15, 0.2) is 36.8 Å². The Morgan fingerprint density at radius 2 is 2.12 bits per heavy atom. The summed E-state index contributed by atoms with van der Waals surface area (Å²) < 4.78 is 2.90. The van der Waals surface area contributed by atoms with Gasteiger partial charge in [0.25, 0.3) is 0 Å². The van der Waals surface area contributed by atoms with Gasteiger partial charge in [0.15, 0.2) is 5.65 Å². The summed E-state index contributed by atoms with van der Waals surface area (Å²) in [6.07, 6.45) is 3.13. The van der Waals surface area contributed by atoms with Crippen molar-refractivity contribution in [2.24, 2.45) is 0 Å². The summed E-state index contributed by atoms with van der Waals surface area (Å²) in [6, 6.07) is 8.02. The number of benzene rings is 1. The highest BCUT2D eigenvalue weighted by molar-refractivity contribution is 14.1. The van der Waals surface area contributed by atoms with Crippen LogP contribution in [0.4, 0.5) is 5.82 Å². The Balaban J connectivity index is 2.28. The maximum absolute atomic E-state index is 5.77. The molecule has 3 rings (SSSR count). The van der Waals surface area contributed by atoms with Crippen LogP contribution in [-0.2, 0) is 0 Å². The minimum absolute atomic E-state index is 0.451. The summed E-state index contributed by atoms with van der Waals surface area (Å²) in [4.78, 5) is 8.16. The van der Waals surface area contributed by atoms with Crippen LogP contribution in [0.2, 0.25) is 0 Å². The Hall–Kier alpha value is -1.70. The summed E-state index contributed by atoms with van der Waals surface area (Å²) in [6.45, 7) is 0. The monoisotopic (exact) mass is 337 g/mol. The minimum Gasteiger partial charge on any atom is -0.383 e. The molecule has 0 unspecified atom stereocenters. The lowest BCUT2D eigenvalue weighted by atomic mass is 10.3. The van der Waals surface area contributed by atoms with E-state index in [1.54, 1.807) is 10.9 Å². The van der Waals surface area contributed by atoms with Crippen LogP contribution in [0.1, 0.15) is 0 Å². The van der Waals surface area contributed by atoms with Gasteiger partial charge in [0.05, 0.1) is 17.3 Å². The molecule has 5 nitrogen and oxygen atoms in total. The highest BCUT2D eigenvalue weighted by atomic mass is 127. The molecular weight excluding hydrogens is 329 g/mol. The molecule has 0 fully saturated rings. The van der Waals surface area contributed by atoms with E-state index in [2.05, 4.69) is 37.7 Å². The maximum Gasteiger partial charge on any atom is 0.168 e. The summed E-state index contributed by atoms with van der Waals surface area (Å²) in [5.74, 6) is 0.451. The van der Waals surface area contributed by atoms with Crippen LogP contribution < -0.4 is 5.73 Å². The number of anilines is 1. The van der Waals surface area contributed by atoms with E-state index < -0.39 is 0 Å². The number of aromatic nitrogens is 4. The lowest BCUT2D eigenvalue weighted by Crippen LogP contribution is -1.99. The first-order valence-electron chi connectivity index (χ1n) is 4.96. The molecule has 0 saturated heterocycles. The zero-order chi connectivity index (χ0) is 11.8. The molecule has 2 heterocycles. The largest absolute Gasteiger partial charge is 0.383 e. The summed E-state index contributed by atoms with van der Waals surface area (Å²) in [7, 11) is 0. The third kappa shape index (κ3) is 1.74. The number of halogens is 1. The van der Waals surface area contributed by atoms with Gasteiger partial charge in [0.2, 0.25) is 0 Å². The van der Waals surface area contributed by atoms with E-state index in [0.29, 0.717) is 5.82 Å². The fourth-order valence-corrected chi connectivity index (χ4v) is 2.19. The standard InChI is InChI=1S/C11H8IN5/c12-7-2-1-3-8(4-7)17-11-9(5-16-17)10(13)14-6-15-11/h1-6H,(H2,13,14,15). The van der Waals surface area contributed by atoms with E-state index in [0.717, 1.165) is 20.3 Å². The second-order valence-electron chi connectivity index (χ2n) is 3.53. The number of nitrogens with two attached hydrogens (primary N) is 1. The molecule has 6 heteroatoms. The first kappa shape index (κ1) is 10.5. The highest BCUT2D eigenvalue weighted by Gasteiger charge is 2.08. The van der Waals surface area contributed by atoms with Crippen molar-refractivity contribution in [1.82, 2.24) is 19.7 Å². The van der Waals surface area contributed by atoms with Crippen LogP contribution in [0, 0.1) is 3.57 Å². The van der Waals surface area contributed by atoms with Crippen molar-refractivity contribution in [2.45, 2.75) is 0 Å². The number of hydrogen-bond donors (Lipinski definition) is 1. The van der Waals surface area contributed by atoms with Crippen LogP contribution in [-0.4, -0.2) is 19.7 Å². The van der Waals surface area contributed by atoms with Gasteiger partial charge in [-0.15, -0.1) is 0 Å². The number of fused-ring (bicyclic) bond motifs is 1. The van der Waals surface area contributed by atoms with Gasteiger partial charge in [-0.3, -0.25) is 0 Å². The van der Waals surface area contributed by atoms with Crippen molar-refractivity contribution in [1.29, 1.82) is 0 Å². The number of nitrogens with zero attached hydrogens (tertiary/aromatic N) is 4. The van der Waals surface area contributed by atoms with E-state index in [-0.39, 0.29) is 0 Å². The Bertz CT molecular complexity index is 691. The van der Waals surface area contributed by atoms with E-state index >= 15 is 0 Å². The average molecular weight is 337 g/mol. The molecule has 1 aromatic carbocycles.